The number of aromatic nitrogens is 1. The highest BCUT2D eigenvalue weighted by molar-refractivity contribution is 6.13. The smallest absolute Gasteiger partial charge is 0.162 e. The molecular weight excluding hydrogens is 416 g/mol. The first kappa shape index (κ1) is 21.0. The van der Waals surface area contributed by atoms with Crippen molar-refractivity contribution in [3.8, 4) is 0 Å². The van der Waals surface area contributed by atoms with E-state index in [-0.39, 0.29) is 17.2 Å². The first-order valence-electron chi connectivity index (χ1n) is 12.1. The van der Waals surface area contributed by atoms with Crippen LogP contribution in [-0.4, -0.2) is 10.4 Å². The van der Waals surface area contributed by atoms with Crippen LogP contribution in [-0.2, 0) is 11.3 Å². The number of rotatable bonds is 3. The molecule has 3 heteroatoms. The summed E-state index contributed by atoms with van der Waals surface area (Å²) in [7, 11) is 0. The fraction of sp³-hybridized carbons (Fsp3) is 0.258. The van der Waals surface area contributed by atoms with E-state index in [1.54, 1.807) is 0 Å². The SMILES string of the molecule is C=CCn1c(C)c([C@@H]2Nc3ccc4ccccc4c3C3=C2C(=O)CC(C)(C)C3)c2ccccc21. The van der Waals surface area contributed by atoms with Crippen molar-refractivity contribution in [2.45, 2.75) is 46.2 Å². The van der Waals surface area contributed by atoms with Gasteiger partial charge < -0.3 is 9.88 Å². The monoisotopic (exact) mass is 446 g/mol. The summed E-state index contributed by atoms with van der Waals surface area (Å²) in [6.07, 6.45) is 3.42. The summed E-state index contributed by atoms with van der Waals surface area (Å²) in [6.45, 7) is 11.3. The Hall–Kier alpha value is -3.59. The number of fused-ring (bicyclic) bond motifs is 5. The second-order valence-corrected chi connectivity index (χ2v) is 10.5. The van der Waals surface area contributed by atoms with E-state index in [1.165, 1.54) is 44.1 Å². The average Bonchev–Trinajstić information content (AvgIpc) is 3.09. The van der Waals surface area contributed by atoms with Crippen molar-refractivity contribution in [2.75, 3.05) is 5.32 Å². The van der Waals surface area contributed by atoms with Gasteiger partial charge in [-0.25, -0.2) is 0 Å². The van der Waals surface area contributed by atoms with Gasteiger partial charge in [0.05, 0.1) is 6.04 Å². The van der Waals surface area contributed by atoms with Gasteiger partial charge in [-0.05, 0) is 47.2 Å². The number of carbonyl (C=O) groups is 1. The van der Waals surface area contributed by atoms with Crippen molar-refractivity contribution in [1.29, 1.82) is 0 Å². The molecule has 1 atom stereocenters. The first-order valence-corrected chi connectivity index (χ1v) is 12.1. The molecule has 2 aliphatic rings. The number of nitrogens with one attached hydrogen (secondary N) is 1. The lowest BCUT2D eigenvalue weighted by molar-refractivity contribution is -0.118. The van der Waals surface area contributed by atoms with Crippen LogP contribution in [0.5, 0.6) is 0 Å². The summed E-state index contributed by atoms with van der Waals surface area (Å²) in [5.74, 6) is 0.266. The molecule has 34 heavy (non-hydrogen) atoms. The van der Waals surface area contributed by atoms with Crippen LogP contribution >= 0.6 is 0 Å². The summed E-state index contributed by atoms with van der Waals surface area (Å²) < 4.78 is 2.31. The molecule has 170 valence electrons. The predicted octanol–water partition coefficient (Wildman–Crippen LogP) is 7.60. The largest absolute Gasteiger partial charge is 0.373 e. The Labute approximate surface area is 200 Å². The van der Waals surface area contributed by atoms with E-state index < -0.39 is 0 Å². The first-order chi connectivity index (χ1) is 16.4. The van der Waals surface area contributed by atoms with Gasteiger partial charge in [0.1, 0.15) is 0 Å². The van der Waals surface area contributed by atoms with Crippen molar-refractivity contribution in [1.82, 2.24) is 4.57 Å². The van der Waals surface area contributed by atoms with Crippen LogP contribution in [0.25, 0.3) is 27.2 Å². The van der Waals surface area contributed by atoms with Crippen molar-refractivity contribution in [3.63, 3.8) is 0 Å². The van der Waals surface area contributed by atoms with Crippen LogP contribution in [0.3, 0.4) is 0 Å². The Morgan fingerprint density at radius 3 is 2.56 bits per heavy atom. The summed E-state index contributed by atoms with van der Waals surface area (Å²) in [4.78, 5) is 13.8. The Morgan fingerprint density at radius 2 is 1.76 bits per heavy atom. The minimum Gasteiger partial charge on any atom is -0.373 e. The minimum atomic E-state index is -0.164. The molecular formula is C31H30N2O. The Bertz CT molecular complexity index is 1530. The van der Waals surface area contributed by atoms with Gasteiger partial charge >= 0.3 is 0 Å². The van der Waals surface area contributed by atoms with Gasteiger partial charge in [-0.15, -0.1) is 6.58 Å². The molecule has 6 rings (SSSR count). The number of benzene rings is 3. The maximum absolute atomic E-state index is 13.8. The molecule has 0 radical (unpaired) electrons. The van der Waals surface area contributed by atoms with E-state index in [9.17, 15) is 4.79 Å². The maximum atomic E-state index is 13.8. The maximum Gasteiger partial charge on any atom is 0.162 e. The molecule has 4 aromatic rings. The third-order valence-corrected chi connectivity index (χ3v) is 7.62. The fourth-order valence-corrected chi connectivity index (χ4v) is 6.24. The Morgan fingerprint density at radius 1 is 1.03 bits per heavy atom. The predicted molar refractivity (Wildman–Crippen MR) is 142 cm³/mol. The molecule has 0 bridgehead atoms. The molecule has 1 aliphatic heterocycles. The molecule has 1 aromatic heterocycles. The van der Waals surface area contributed by atoms with E-state index in [0.717, 1.165) is 24.2 Å². The summed E-state index contributed by atoms with van der Waals surface area (Å²) in [5.41, 5.74) is 8.02. The molecule has 3 aromatic carbocycles. The van der Waals surface area contributed by atoms with Gasteiger partial charge in [0.25, 0.3) is 0 Å². The normalized spacial score (nSPS) is 19.1. The number of anilines is 1. The van der Waals surface area contributed by atoms with Crippen molar-refractivity contribution in [3.05, 3.63) is 95.7 Å². The summed E-state index contributed by atoms with van der Waals surface area (Å²) in [6, 6.07) is 21.3. The standard InChI is InChI=1S/C31H30N2O/c1-5-16-33-19(2)27(22-12-8-9-13-25(22)33)30-29-23(17-31(3,4)18-26(29)34)28-21-11-7-6-10-20(21)14-15-24(28)32-30/h5-15,30,32H,1,16-18H2,2-4H3/t30-/m0/s1. The Balaban J connectivity index is 1.68. The third-order valence-electron chi connectivity index (χ3n) is 7.62. The quantitative estimate of drug-likeness (QED) is 0.329. The number of hydrogen-bond acceptors (Lipinski definition) is 2. The number of carbonyl (C=O) groups excluding carboxylic acids is 1. The average molecular weight is 447 g/mol. The highest BCUT2D eigenvalue weighted by atomic mass is 16.1. The second kappa shape index (κ2) is 7.46. The van der Waals surface area contributed by atoms with E-state index in [4.69, 9.17) is 0 Å². The van der Waals surface area contributed by atoms with Crippen molar-refractivity contribution < 1.29 is 4.79 Å². The second-order valence-electron chi connectivity index (χ2n) is 10.5. The van der Waals surface area contributed by atoms with Crippen molar-refractivity contribution in [2.24, 2.45) is 5.41 Å². The molecule has 1 aliphatic carbocycles. The zero-order valence-corrected chi connectivity index (χ0v) is 20.1. The topological polar surface area (TPSA) is 34.0 Å². The molecule has 0 saturated carbocycles. The van der Waals surface area contributed by atoms with Crippen LogP contribution < -0.4 is 5.32 Å². The van der Waals surface area contributed by atoms with Gasteiger partial charge in [-0.2, -0.15) is 0 Å². The van der Waals surface area contributed by atoms with Gasteiger partial charge in [0.15, 0.2) is 5.78 Å². The molecule has 3 nitrogen and oxygen atoms in total. The van der Waals surface area contributed by atoms with E-state index in [2.05, 4.69) is 97.9 Å². The molecule has 0 spiro atoms. The molecule has 0 unspecified atom stereocenters. The van der Waals surface area contributed by atoms with Crippen LogP contribution in [0.15, 0.2) is 78.9 Å². The number of nitrogens with zero attached hydrogens (tertiary/aromatic N) is 1. The molecule has 1 N–H and O–H groups in total. The lowest BCUT2D eigenvalue weighted by Crippen LogP contribution is -2.33. The van der Waals surface area contributed by atoms with Gasteiger partial charge in [0.2, 0.25) is 0 Å². The van der Waals surface area contributed by atoms with Crippen LogP contribution in [0.1, 0.15) is 49.6 Å². The fourth-order valence-electron chi connectivity index (χ4n) is 6.24. The van der Waals surface area contributed by atoms with Gasteiger partial charge in [-0.1, -0.05) is 68.5 Å². The number of ketones is 1. The highest BCUT2D eigenvalue weighted by Gasteiger charge is 2.42. The number of Topliss-reactive ketones (excluding diaryl/α,β-unsaturated/α-hetero) is 1. The zero-order chi connectivity index (χ0) is 23.6. The lowest BCUT2D eigenvalue weighted by Gasteiger charge is -2.40. The van der Waals surface area contributed by atoms with E-state index in [0.29, 0.717) is 6.42 Å². The number of para-hydroxylation sites is 1. The zero-order valence-electron chi connectivity index (χ0n) is 20.1. The highest BCUT2D eigenvalue weighted by Crippen LogP contribution is 2.53. The lowest BCUT2D eigenvalue weighted by atomic mass is 9.67. The van der Waals surface area contributed by atoms with Crippen molar-refractivity contribution >= 4 is 38.7 Å². The van der Waals surface area contributed by atoms with Crippen LogP contribution in [0.4, 0.5) is 5.69 Å². The summed E-state index contributed by atoms with van der Waals surface area (Å²) in [5, 5.41) is 7.46. The number of hydrogen-bond donors (Lipinski definition) is 1. The molecule has 0 fully saturated rings. The summed E-state index contributed by atoms with van der Waals surface area (Å²) >= 11 is 0. The molecule has 0 saturated heterocycles. The molecule has 2 heterocycles. The van der Waals surface area contributed by atoms with E-state index >= 15 is 0 Å². The van der Waals surface area contributed by atoms with Crippen LogP contribution in [0, 0.1) is 12.3 Å². The van der Waals surface area contributed by atoms with Gasteiger partial charge in [0, 0.05) is 51.9 Å². The number of allylic oxidation sites excluding steroid dienone is 2. The minimum absolute atomic E-state index is 0.0576. The van der Waals surface area contributed by atoms with Crippen LogP contribution in [0.2, 0.25) is 0 Å². The Kier molecular flexibility index (Phi) is 4.60. The molecule has 0 amide bonds. The third kappa shape index (κ3) is 3.00. The van der Waals surface area contributed by atoms with Gasteiger partial charge in [-0.3, -0.25) is 4.79 Å². The van der Waals surface area contributed by atoms with E-state index in [1.807, 2.05) is 6.08 Å².